The van der Waals surface area contributed by atoms with Crippen molar-refractivity contribution in [1.82, 2.24) is 0 Å². The Morgan fingerprint density at radius 3 is 1.31 bits per heavy atom. The summed E-state index contributed by atoms with van der Waals surface area (Å²) in [5, 5.41) is 0. The van der Waals surface area contributed by atoms with Crippen molar-refractivity contribution in [2.75, 3.05) is 0 Å². The Kier molecular flexibility index (Phi) is 53.1. The van der Waals surface area contributed by atoms with Gasteiger partial charge in [-0.1, -0.05) is 53.9 Å². The maximum atomic E-state index is 2.25. The smallest absolute Gasteiger partial charge is 0 e. The van der Waals surface area contributed by atoms with Gasteiger partial charge in [0.05, 0.1) is 0 Å². The molecule has 0 aliphatic rings. The van der Waals surface area contributed by atoms with E-state index < -0.39 is 0 Å². The van der Waals surface area contributed by atoms with Crippen LogP contribution in [0.15, 0.2) is 72.8 Å². The van der Waals surface area contributed by atoms with Crippen LogP contribution in [0.2, 0.25) is 0 Å². The molecule has 6 heteroatoms. The normalized spacial score (nSPS) is 7.85. The molecule has 0 bridgehead atoms. The van der Waals surface area contributed by atoms with Crippen LogP contribution in [0, 0.1) is 38.5 Å². The van der Waals surface area contributed by atoms with Crippen molar-refractivity contribution in [3.63, 3.8) is 0 Å². The second-order valence-electron chi connectivity index (χ2n) is 7.67. The molecule has 0 unspecified atom stereocenters. The second-order valence-corrected chi connectivity index (χ2v) is 7.67. The van der Waals surface area contributed by atoms with Gasteiger partial charge in [0.1, 0.15) is 0 Å². The molecule has 0 aliphatic heterocycles. The zero-order chi connectivity index (χ0) is 24.3. The predicted octanol–water partition coefficient (Wildman–Crippen LogP) is 9.65. The largest absolute Gasteiger partial charge is 0.296 e. The molecule has 0 saturated heterocycles. The Bertz CT molecular complexity index is 881. The fourth-order valence-electron chi connectivity index (χ4n) is 3.34. The first-order valence-electron chi connectivity index (χ1n) is 12.3. The van der Waals surface area contributed by atoms with Crippen LogP contribution >= 0.6 is 0 Å². The van der Waals surface area contributed by atoms with Crippen LogP contribution in [0.1, 0.15) is 94.2 Å². The number of hydrogen-bond acceptors (Lipinski definition) is 0. The minimum atomic E-state index is 0. The third kappa shape index (κ3) is 26.4. The molecule has 0 fully saturated rings. The molecule has 0 atom stereocenters. The molecular weight excluding hydrogens is 930 g/mol. The van der Waals surface area contributed by atoms with Crippen molar-refractivity contribution in [2.45, 2.75) is 60.8 Å². The van der Waals surface area contributed by atoms with E-state index in [1.165, 1.54) is 33.4 Å². The fraction of sp³-hybridized carbons (Fsp3) is 0.273. The van der Waals surface area contributed by atoms with Crippen LogP contribution < -0.4 is 0 Å². The summed E-state index contributed by atoms with van der Waals surface area (Å²) in [6.45, 7) is 12.7. The molecule has 6 radical (unpaired) electrons. The van der Waals surface area contributed by atoms with E-state index in [1.54, 1.807) is 0 Å². The second kappa shape index (κ2) is 37.7. The Balaban J connectivity index is -0.0000000972. The predicted molar refractivity (Wildman–Crippen MR) is 148 cm³/mol. The van der Waals surface area contributed by atoms with Crippen molar-refractivity contribution in [3.05, 3.63) is 145 Å². The van der Waals surface area contributed by atoms with Gasteiger partial charge in [-0.2, -0.15) is 61.1 Å². The molecule has 39 heavy (non-hydrogen) atoms. The van der Waals surface area contributed by atoms with E-state index in [2.05, 4.69) is 153 Å². The van der Waals surface area contributed by atoms with Gasteiger partial charge in [-0.05, 0) is 0 Å². The van der Waals surface area contributed by atoms with Gasteiger partial charge in [0.25, 0.3) is 0 Å². The molecule has 0 nitrogen and oxygen atoms in total. The molecule has 198 valence electrons. The summed E-state index contributed by atoms with van der Waals surface area (Å²) in [6, 6.07) is 25.6. The Hall–Kier alpha value is 3.50. The molecule has 0 spiro atoms. The molecule has 0 amide bonds. The van der Waals surface area contributed by atoms with E-state index in [9.17, 15) is 0 Å². The summed E-state index contributed by atoms with van der Waals surface area (Å²) in [7, 11) is 0. The van der Waals surface area contributed by atoms with Crippen LogP contribution in [0.4, 0.5) is 0 Å². The quantitative estimate of drug-likeness (QED) is 0.188. The summed E-state index contributed by atoms with van der Waals surface area (Å²) in [4.78, 5) is 0. The van der Waals surface area contributed by atoms with Crippen LogP contribution in [-0.2, 0) is 196 Å². The van der Waals surface area contributed by atoms with Crippen LogP contribution in [0.3, 0.4) is 0 Å². The minimum absolute atomic E-state index is 0. The monoisotopic (exact) mass is 972 g/mol. The summed E-state index contributed by atoms with van der Waals surface area (Å²) >= 11 is 0. The standard InChI is InChI=1S/3C11H14.6Y/c1-3-7-11-9-6-5-8-10(11)4-2;1-3-6-11-8-5-7-10(4-2)9-11;1-3-5-11-8-6-10(4-2)7-9-11;;;;;;/h3*4-9H,3H2,1-2H3;;;;;;/q3*-2;;;;;;. The Morgan fingerprint density at radius 2 is 0.846 bits per heavy atom. The Morgan fingerprint density at radius 1 is 0.410 bits per heavy atom. The van der Waals surface area contributed by atoms with Crippen molar-refractivity contribution in [3.8, 4) is 0 Å². The van der Waals surface area contributed by atoms with Gasteiger partial charge in [-0.3, -0.25) is 11.1 Å². The molecule has 0 heterocycles. The first-order chi connectivity index (χ1) is 16.1. The van der Waals surface area contributed by atoms with Gasteiger partial charge in [0, 0.05) is 196 Å². The number of rotatable bonds is 9. The van der Waals surface area contributed by atoms with E-state index in [0.717, 1.165) is 19.3 Å². The van der Waals surface area contributed by atoms with Crippen molar-refractivity contribution in [2.24, 2.45) is 0 Å². The summed E-state index contributed by atoms with van der Waals surface area (Å²) < 4.78 is 0. The van der Waals surface area contributed by atoms with Crippen LogP contribution in [0.5, 0.6) is 0 Å². The van der Waals surface area contributed by atoms with Gasteiger partial charge >= 0.3 is 0 Å². The average molecular weight is 972 g/mol. The molecule has 3 aromatic carbocycles. The molecule has 0 aliphatic carbocycles. The van der Waals surface area contributed by atoms with E-state index in [0.29, 0.717) is 0 Å². The minimum Gasteiger partial charge on any atom is -0.296 e. The summed E-state index contributed by atoms with van der Waals surface area (Å²) in [6.07, 6.45) is 16.4. The zero-order valence-corrected chi connectivity index (χ0v) is 42.0. The first kappa shape index (κ1) is 54.9. The molecule has 3 rings (SSSR count). The Labute approximate surface area is 393 Å². The van der Waals surface area contributed by atoms with Gasteiger partial charge in [-0.15, -0.1) is 19.1 Å². The molecule has 0 N–H and O–H groups in total. The third-order valence-electron chi connectivity index (χ3n) is 5.12. The maximum Gasteiger partial charge on any atom is 0 e. The summed E-state index contributed by atoms with van der Waals surface area (Å²) in [5.74, 6) is 0. The third-order valence-corrected chi connectivity index (χ3v) is 5.12. The van der Waals surface area contributed by atoms with E-state index >= 15 is 0 Å². The van der Waals surface area contributed by atoms with E-state index in [-0.39, 0.29) is 196 Å². The van der Waals surface area contributed by atoms with Crippen LogP contribution in [-0.4, -0.2) is 0 Å². The molecular formula is C33H42Y6-6. The summed E-state index contributed by atoms with van der Waals surface area (Å²) in [5.41, 5.74) is 7.90. The van der Waals surface area contributed by atoms with E-state index in [1.807, 2.05) is 0 Å². The molecule has 0 aromatic heterocycles. The van der Waals surface area contributed by atoms with E-state index in [4.69, 9.17) is 0 Å². The number of benzene rings is 3. The van der Waals surface area contributed by atoms with Crippen molar-refractivity contribution in [1.29, 1.82) is 0 Å². The topological polar surface area (TPSA) is 0 Å². The van der Waals surface area contributed by atoms with Gasteiger partial charge in [0.2, 0.25) is 0 Å². The van der Waals surface area contributed by atoms with Gasteiger partial charge in [0.15, 0.2) is 0 Å². The van der Waals surface area contributed by atoms with Gasteiger partial charge < -0.3 is 0 Å². The SMILES string of the molecule is C[CH-]c1ccc([CH-]CC)cc1.C[CH-]c1cccc([CH-]CC)c1.C[CH-]c1ccccc1[CH-]CC.[Y].[Y].[Y].[Y].[Y].[Y]. The van der Waals surface area contributed by atoms with Crippen molar-refractivity contribution < 1.29 is 196 Å². The fourth-order valence-corrected chi connectivity index (χ4v) is 3.34. The van der Waals surface area contributed by atoms with Crippen LogP contribution in [0.25, 0.3) is 0 Å². The van der Waals surface area contributed by atoms with Gasteiger partial charge in [-0.25, -0.2) is 60.4 Å². The van der Waals surface area contributed by atoms with Crippen molar-refractivity contribution >= 4 is 0 Å². The zero-order valence-electron chi connectivity index (χ0n) is 25.0. The molecule has 3 aromatic rings. The maximum absolute atomic E-state index is 2.25. The number of hydrogen-bond donors (Lipinski definition) is 0. The first-order valence-corrected chi connectivity index (χ1v) is 12.3. The molecule has 0 saturated carbocycles. The average Bonchev–Trinajstić information content (AvgIpc) is 2.86.